The minimum atomic E-state index is -0.878. The van der Waals surface area contributed by atoms with E-state index in [9.17, 15) is 8.78 Å². The Kier molecular flexibility index (Phi) is 3.28. The first kappa shape index (κ1) is 11.9. The number of halogens is 2. The van der Waals surface area contributed by atoms with Crippen molar-refractivity contribution in [2.24, 2.45) is 0 Å². The average molecular weight is 252 g/mol. The molecule has 0 saturated heterocycles. The molecule has 1 aromatic heterocycles. The molecule has 2 nitrogen and oxygen atoms in total. The van der Waals surface area contributed by atoms with Gasteiger partial charge in [0.2, 0.25) is 0 Å². The third-order valence-corrected chi connectivity index (χ3v) is 2.57. The zero-order chi connectivity index (χ0) is 12.4. The van der Waals surface area contributed by atoms with E-state index < -0.39 is 11.6 Å². The van der Waals surface area contributed by atoms with E-state index in [0.29, 0.717) is 22.3 Å². The van der Waals surface area contributed by atoms with Crippen LogP contribution in [-0.4, -0.2) is 9.97 Å². The van der Waals surface area contributed by atoms with Gasteiger partial charge in [0.25, 0.3) is 0 Å². The maximum absolute atomic E-state index is 13.1. The highest BCUT2D eigenvalue weighted by atomic mass is 32.1. The van der Waals surface area contributed by atoms with E-state index in [0.717, 1.165) is 18.0 Å². The van der Waals surface area contributed by atoms with Crippen molar-refractivity contribution < 1.29 is 8.78 Å². The number of hydrogen-bond acceptors (Lipinski definition) is 2. The smallest absolute Gasteiger partial charge is 0.159 e. The normalized spacial score (nSPS) is 10.5. The highest BCUT2D eigenvalue weighted by molar-refractivity contribution is 7.71. The van der Waals surface area contributed by atoms with Gasteiger partial charge in [0, 0.05) is 17.7 Å². The van der Waals surface area contributed by atoms with Gasteiger partial charge in [-0.15, -0.1) is 0 Å². The molecule has 0 amide bonds. The summed E-state index contributed by atoms with van der Waals surface area (Å²) in [5.41, 5.74) is 1.19. The van der Waals surface area contributed by atoms with Gasteiger partial charge < -0.3 is 4.98 Å². The Morgan fingerprint density at radius 2 is 2.00 bits per heavy atom. The van der Waals surface area contributed by atoms with Crippen molar-refractivity contribution in [2.75, 3.05) is 0 Å². The lowest BCUT2D eigenvalue weighted by Gasteiger charge is -2.05. The third-order valence-electron chi connectivity index (χ3n) is 2.36. The number of nitrogens with one attached hydrogen (secondary N) is 1. The predicted molar refractivity (Wildman–Crippen MR) is 64.2 cm³/mol. The summed E-state index contributed by atoms with van der Waals surface area (Å²) < 4.78 is 26.4. The van der Waals surface area contributed by atoms with Gasteiger partial charge in [-0.2, -0.15) is 0 Å². The van der Waals surface area contributed by atoms with Crippen molar-refractivity contribution in [3.05, 3.63) is 46.4 Å². The lowest BCUT2D eigenvalue weighted by molar-refractivity contribution is 0.509. The number of H-pyrrole nitrogens is 1. The zero-order valence-corrected chi connectivity index (χ0v) is 9.94. The number of benzene rings is 1. The van der Waals surface area contributed by atoms with Crippen LogP contribution in [0.15, 0.2) is 24.3 Å². The minimum absolute atomic E-state index is 0.431. The predicted octanol–water partition coefficient (Wildman–Crippen LogP) is 3.65. The number of hydrogen-bond donors (Lipinski definition) is 1. The van der Waals surface area contributed by atoms with E-state index in [1.165, 1.54) is 6.07 Å². The van der Waals surface area contributed by atoms with Crippen LogP contribution in [0.25, 0.3) is 11.3 Å². The molecule has 0 unspecified atom stereocenters. The molecule has 0 aliphatic rings. The highest BCUT2D eigenvalue weighted by Crippen LogP contribution is 2.19. The van der Waals surface area contributed by atoms with Crippen molar-refractivity contribution in [1.29, 1.82) is 0 Å². The molecule has 88 valence electrons. The standard InChI is InChI=1S/C12H10F2N2S/c1-2-11-15-10(6-12(17)16-11)7-3-4-8(13)9(14)5-7/h3-6H,2H2,1H3,(H,15,16,17). The summed E-state index contributed by atoms with van der Waals surface area (Å²) in [5, 5.41) is 0. The Hall–Kier alpha value is -1.62. The molecule has 0 bridgehead atoms. The molecule has 1 N–H and O–H groups in total. The molecule has 0 aliphatic carbocycles. The highest BCUT2D eigenvalue weighted by Gasteiger charge is 2.06. The second kappa shape index (κ2) is 4.71. The molecule has 5 heteroatoms. The summed E-state index contributed by atoms with van der Waals surface area (Å²) in [4.78, 5) is 7.14. The Bertz CT molecular complexity index is 608. The molecule has 0 fully saturated rings. The Labute approximate surface area is 102 Å². The van der Waals surface area contributed by atoms with Crippen LogP contribution in [0.1, 0.15) is 12.7 Å². The number of aryl methyl sites for hydroxylation is 1. The monoisotopic (exact) mass is 252 g/mol. The Morgan fingerprint density at radius 3 is 2.65 bits per heavy atom. The van der Waals surface area contributed by atoms with E-state index >= 15 is 0 Å². The fourth-order valence-electron chi connectivity index (χ4n) is 1.49. The third kappa shape index (κ3) is 2.55. The molecule has 0 spiro atoms. The van der Waals surface area contributed by atoms with E-state index in [4.69, 9.17) is 12.2 Å². The van der Waals surface area contributed by atoms with Crippen LogP contribution >= 0.6 is 12.2 Å². The largest absolute Gasteiger partial charge is 0.343 e. The van der Waals surface area contributed by atoms with Crippen molar-refractivity contribution in [3.8, 4) is 11.3 Å². The first-order valence-electron chi connectivity index (χ1n) is 5.16. The van der Waals surface area contributed by atoms with Crippen LogP contribution in [0.4, 0.5) is 8.78 Å². The maximum atomic E-state index is 13.1. The molecule has 0 aliphatic heterocycles. The first-order valence-corrected chi connectivity index (χ1v) is 5.56. The fraction of sp³-hybridized carbons (Fsp3) is 0.167. The van der Waals surface area contributed by atoms with Crippen molar-refractivity contribution >= 4 is 12.2 Å². The SMILES string of the molecule is CCc1nc(=S)cc(-c2ccc(F)c(F)c2)[nH]1. The molecule has 2 rings (SSSR count). The van der Waals surface area contributed by atoms with E-state index in [1.807, 2.05) is 6.92 Å². The first-order chi connectivity index (χ1) is 8.10. The summed E-state index contributed by atoms with van der Waals surface area (Å²) in [6.45, 7) is 1.93. The molecule has 1 heterocycles. The summed E-state index contributed by atoms with van der Waals surface area (Å²) in [7, 11) is 0. The molecule has 17 heavy (non-hydrogen) atoms. The van der Waals surface area contributed by atoms with Gasteiger partial charge in [-0.25, -0.2) is 13.8 Å². The lowest BCUT2D eigenvalue weighted by Crippen LogP contribution is -1.96. The summed E-state index contributed by atoms with van der Waals surface area (Å²) in [5.74, 6) is -1.02. The number of nitrogens with zero attached hydrogens (tertiary/aromatic N) is 1. The fourth-order valence-corrected chi connectivity index (χ4v) is 1.72. The number of aromatic nitrogens is 2. The van der Waals surface area contributed by atoms with Gasteiger partial charge in [0.15, 0.2) is 11.6 Å². The van der Waals surface area contributed by atoms with E-state index in [2.05, 4.69) is 9.97 Å². The van der Waals surface area contributed by atoms with Crippen LogP contribution in [0.5, 0.6) is 0 Å². The molecular formula is C12H10F2N2S. The minimum Gasteiger partial charge on any atom is -0.343 e. The van der Waals surface area contributed by atoms with Crippen molar-refractivity contribution in [3.63, 3.8) is 0 Å². The maximum Gasteiger partial charge on any atom is 0.159 e. The van der Waals surface area contributed by atoms with Gasteiger partial charge in [-0.05, 0) is 24.3 Å². The zero-order valence-electron chi connectivity index (χ0n) is 9.13. The second-order valence-corrected chi connectivity index (χ2v) is 3.98. The second-order valence-electron chi connectivity index (χ2n) is 3.56. The topological polar surface area (TPSA) is 28.7 Å². The van der Waals surface area contributed by atoms with E-state index in [-0.39, 0.29) is 0 Å². The van der Waals surface area contributed by atoms with Crippen LogP contribution in [-0.2, 0) is 6.42 Å². The van der Waals surface area contributed by atoms with Crippen LogP contribution in [0.3, 0.4) is 0 Å². The molecule has 2 aromatic rings. The van der Waals surface area contributed by atoms with Gasteiger partial charge in [0.05, 0.1) is 0 Å². The van der Waals surface area contributed by atoms with Crippen LogP contribution in [0, 0.1) is 16.3 Å². The van der Waals surface area contributed by atoms with Crippen LogP contribution < -0.4 is 0 Å². The molecular weight excluding hydrogens is 242 g/mol. The lowest BCUT2D eigenvalue weighted by atomic mass is 10.1. The van der Waals surface area contributed by atoms with Crippen molar-refractivity contribution in [2.45, 2.75) is 13.3 Å². The molecule has 0 saturated carbocycles. The van der Waals surface area contributed by atoms with Crippen LogP contribution in [0.2, 0.25) is 0 Å². The molecule has 0 atom stereocenters. The Balaban J connectivity index is 2.55. The Morgan fingerprint density at radius 1 is 1.24 bits per heavy atom. The summed E-state index contributed by atoms with van der Waals surface area (Å²) >= 11 is 5.01. The molecule has 1 aromatic carbocycles. The van der Waals surface area contributed by atoms with Gasteiger partial charge in [-0.3, -0.25) is 0 Å². The summed E-state index contributed by atoms with van der Waals surface area (Å²) in [6, 6.07) is 5.35. The quantitative estimate of drug-likeness (QED) is 0.826. The average Bonchev–Trinajstić information content (AvgIpc) is 2.32. The number of aromatic amines is 1. The van der Waals surface area contributed by atoms with Gasteiger partial charge in [-0.1, -0.05) is 19.1 Å². The van der Waals surface area contributed by atoms with Gasteiger partial charge in [0.1, 0.15) is 10.5 Å². The summed E-state index contributed by atoms with van der Waals surface area (Å²) in [6.07, 6.45) is 0.696. The van der Waals surface area contributed by atoms with Gasteiger partial charge >= 0.3 is 0 Å². The van der Waals surface area contributed by atoms with Crippen molar-refractivity contribution in [1.82, 2.24) is 9.97 Å². The molecule has 0 radical (unpaired) electrons. The van der Waals surface area contributed by atoms with E-state index in [1.54, 1.807) is 6.07 Å². The number of rotatable bonds is 2.